The van der Waals surface area contributed by atoms with Gasteiger partial charge in [0.1, 0.15) is 0 Å². The summed E-state index contributed by atoms with van der Waals surface area (Å²) in [5, 5.41) is 9.88. The molecule has 35 heavy (non-hydrogen) atoms. The predicted molar refractivity (Wildman–Crippen MR) is 130 cm³/mol. The van der Waals surface area contributed by atoms with Crippen molar-refractivity contribution in [3.63, 3.8) is 0 Å². The van der Waals surface area contributed by atoms with Gasteiger partial charge in [-0.1, -0.05) is 35.5 Å². The molecule has 0 unspecified atom stereocenters. The lowest BCUT2D eigenvalue weighted by atomic mass is 10.1. The molecule has 0 aliphatic carbocycles. The van der Waals surface area contributed by atoms with Gasteiger partial charge in [-0.25, -0.2) is 0 Å². The fourth-order valence-electron chi connectivity index (χ4n) is 3.93. The number of hydrogen-bond acceptors (Lipinski definition) is 8. The summed E-state index contributed by atoms with van der Waals surface area (Å²) in [6, 6.07) is 18.2. The Morgan fingerprint density at radius 3 is 2.23 bits per heavy atom. The smallest absolute Gasteiger partial charge is 0.279 e. The Hall–Kier alpha value is -4.66. The zero-order chi connectivity index (χ0) is 24.5. The molecule has 5 aromatic rings. The van der Waals surface area contributed by atoms with E-state index in [-0.39, 0.29) is 11.4 Å². The standard InChI is InChI=1S/C26H22N4O5/c1-15-8-7-9-17(12-15)30-26(31)19-11-6-5-10-18(19)22(28-30)25-27-24(29-35-25)16-13-20(32-2)23(34-4)21(14-16)33-3/h5-14H,1-4H3. The second-order valence-corrected chi connectivity index (χ2v) is 7.79. The quantitative estimate of drug-likeness (QED) is 0.359. The molecule has 0 saturated carbocycles. The van der Waals surface area contributed by atoms with Gasteiger partial charge in [0, 0.05) is 10.9 Å². The molecule has 0 N–H and O–H groups in total. The van der Waals surface area contributed by atoms with Crippen LogP contribution in [0.4, 0.5) is 0 Å². The molecule has 0 saturated heterocycles. The number of hydrogen-bond donors (Lipinski definition) is 0. The minimum Gasteiger partial charge on any atom is -0.493 e. The topological polar surface area (TPSA) is 102 Å². The Kier molecular flexibility index (Phi) is 5.66. The third kappa shape index (κ3) is 3.86. The van der Waals surface area contributed by atoms with Crippen LogP contribution in [0.25, 0.3) is 39.4 Å². The van der Waals surface area contributed by atoms with E-state index in [1.54, 1.807) is 18.2 Å². The summed E-state index contributed by atoms with van der Waals surface area (Å²) < 4.78 is 23.2. The molecule has 0 amide bonds. The van der Waals surface area contributed by atoms with E-state index in [4.69, 9.17) is 18.7 Å². The van der Waals surface area contributed by atoms with Crippen molar-refractivity contribution >= 4 is 10.8 Å². The second kappa shape index (κ2) is 8.94. The highest BCUT2D eigenvalue weighted by Gasteiger charge is 2.21. The van der Waals surface area contributed by atoms with Crippen LogP contribution in [0.2, 0.25) is 0 Å². The van der Waals surface area contributed by atoms with Gasteiger partial charge in [0.05, 0.1) is 32.4 Å². The molecule has 0 bridgehead atoms. The highest BCUT2D eigenvalue weighted by atomic mass is 16.5. The van der Waals surface area contributed by atoms with E-state index in [2.05, 4.69) is 15.2 Å². The molecule has 0 fully saturated rings. The Morgan fingerprint density at radius 2 is 1.57 bits per heavy atom. The molecule has 176 valence electrons. The van der Waals surface area contributed by atoms with Gasteiger partial charge in [-0.15, -0.1) is 0 Å². The largest absolute Gasteiger partial charge is 0.493 e. The molecule has 9 heteroatoms. The van der Waals surface area contributed by atoms with Crippen LogP contribution < -0.4 is 19.8 Å². The number of nitrogens with zero attached hydrogens (tertiary/aromatic N) is 4. The number of aryl methyl sites for hydroxylation is 1. The van der Waals surface area contributed by atoms with Gasteiger partial charge in [-0.2, -0.15) is 14.8 Å². The van der Waals surface area contributed by atoms with Crippen LogP contribution in [0.5, 0.6) is 17.2 Å². The molecule has 5 rings (SSSR count). The summed E-state index contributed by atoms with van der Waals surface area (Å²) in [6.07, 6.45) is 0. The maximum atomic E-state index is 13.2. The fourth-order valence-corrected chi connectivity index (χ4v) is 3.93. The molecule has 9 nitrogen and oxygen atoms in total. The van der Waals surface area contributed by atoms with Crippen molar-refractivity contribution in [1.29, 1.82) is 0 Å². The monoisotopic (exact) mass is 470 g/mol. The molecular weight excluding hydrogens is 448 g/mol. The van der Waals surface area contributed by atoms with E-state index in [0.29, 0.717) is 50.8 Å². The first-order chi connectivity index (χ1) is 17.0. The highest BCUT2D eigenvalue weighted by molar-refractivity contribution is 5.92. The molecule has 0 radical (unpaired) electrons. The van der Waals surface area contributed by atoms with E-state index < -0.39 is 0 Å². The van der Waals surface area contributed by atoms with Crippen molar-refractivity contribution in [2.75, 3.05) is 21.3 Å². The summed E-state index contributed by atoms with van der Waals surface area (Å²) in [5.41, 5.74) is 2.41. The summed E-state index contributed by atoms with van der Waals surface area (Å²) in [5.74, 6) is 1.86. The van der Waals surface area contributed by atoms with Gasteiger partial charge >= 0.3 is 0 Å². The van der Waals surface area contributed by atoms with Crippen molar-refractivity contribution < 1.29 is 18.7 Å². The predicted octanol–water partition coefficient (Wildman–Crippen LogP) is 4.44. The minimum atomic E-state index is -0.237. The van der Waals surface area contributed by atoms with Gasteiger partial charge in [0.15, 0.2) is 17.2 Å². The summed E-state index contributed by atoms with van der Waals surface area (Å²) in [6.45, 7) is 1.96. The van der Waals surface area contributed by atoms with Crippen LogP contribution in [-0.4, -0.2) is 41.3 Å². The van der Waals surface area contributed by atoms with Gasteiger partial charge < -0.3 is 18.7 Å². The lowest BCUT2D eigenvalue weighted by molar-refractivity contribution is 0.324. The third-order valence-corrected chi connectivity index (χ3v) is 5.60. The van der Waals surface area contributed by atoms with Gasteiger partial charge in [0.25, 0.3) is 11.4 Å². The van der Waals surface area contributed by atoms with Gasteiger partial charge in [-0.3, -0.25) is 4.79 Å². The molecule has 2 heterocycles. The molecule has 0 atom stereocenters. The van der Waals surface area contributed by atoms with Crippen molar-refractivity contribution in [2.45, 2.75) is 6.92 Å². The van der Waals surface area contributed by atoms with Crippen LogP contribution in [-0.2, 0) is 0 Å². The van der Waals surface area contributed by atoms with Gasteiger partial charge in [-0.05, 0) is 42.8 Å². The van der Waals surface area contributed by atoms with Crippen molar-refractivity contribution in [3.05, 3.63) is 76.6 Å². The van der Waals surface area contributed by atoms with Crippen molar-refractivity contribution in [1.82, 2.24) is 19.9 Å². The lowest BCUT2D eigenvalue weighted by Gasteiger charge is -2.12. The number of fused-ring (bicyclic) bond motifs is 1. The molecule has 2 aromatic heterocycles. The lowest BCUT2D eigenvalue weighted by Crippen LogP contribution is -2.22. The van der Waals surface area contributed by atoms with E-state index in [1.165, 1.54) is 26.0 Å². The van der Waals surface area contributed by atoms with Crippen LogP contribution in [0.1, 0.15) is 5.56 Å². The molecule has 0 aliphatic rings. The SMILES string of the molecule is COc1cc(-c2noc(-c3nn(-c4cccc(C)c4)c(=O)c4ccccc34)n2)cc(OC)c1OC. The third-order valence-electron chi connectivity index (χ3n) is 5.60. The Labute approximate surface area is 200 Å². The highest BCUT2D eigenvalue weighted by Crippen LogP contribution is 2.41. The minimum absolute atomic E-state index is 0.173. The molecule has 0 spiro atoms. The molecular formula is C26H22N4O5. The van der Waals surface area contributed by atoms with Crippen LogP contribution in [0.15, 0.2) is 70.0 Å². The number of benzene rings is 3. The van der Waals surface area contributed by atoms with Crippen molar-refractivity contribution in [3.8, 4) is 45.9 Å². The van der Waals surface area contributed by atoms with E-state index in [9.17, 15) is 4.79 Å². The van der Waals surface area contributed by atoms with Crippen LogP contribution in [0.3, 0.4) is 0 Å². The Morgan fingerprint density at radius 1 is 0.857 bits per heavy atom. The molecule has 0 aliphatic heterocycles. The normalized spacial score (nSPS) is 11.0. The maximum Gasteiger partial charge on any atom is 0.279 e. The van der Waals surface area contributed by atoms with E-state index in [1.807, 2.05) is 49.4 Å². The zero-order valence-electron chi connectivity index (χ0n) is 19.6. The van der Waals surface area contributed by atoms with E-state index >= 15 is 0 Å². The number of aromatic nitrogens is 4. The number of ether oxygens (including phenoxy) is 3. The average Bonchev–Trinajstić information content (AvgIpc) is 3.38. The van der Waals surface area contributed by atoms with E-state index in [0.717, 1.165) is 5.56 Å². The van der Waals surface area contributed by atoms with Crippen LogP contribution >= 0.6 is 0 Å². The first kappa shape index (κ1) is 22.1. The van der Waals surface area contributed by atoms with Gasteiger partial charge in [0.2, 0.25) is 11.6 Å². The summed E-state index contributed by atoms with van der Waals surface area (Å²) >= 11 is 0. The fraction of sp³-hybridized carbons (Fsp3) is 0.154. The zero-order valence-corrected chi connectivity index (χ0v) is 19.6. The molecule has 3 aromatic carbocycles. The maximum absolute atomic E-state index is 13.2. The first-order valence-electron chi connectivity index (χ1n) is 10.8. The summed E-state index contributed by atoms with van der Waals surface area (Å²) in [7, 11) is 4.60. The van der Waals surface area contributed by atoms with Crippen molar-refractivity contribution in [2.24, 2.45) is 0 Å². The number of methoxy groups -OCH3 is 3. The Bertz CT molecular complexity index is 1580. The average molecular weight is 470 g/mol. The first-order valence-corrected chi connectivity index (χ1v) is 10.8. The van der Waals surface area contributed by atoms with Crippen LogP contribution in [0, 0.1) is 6.92 Å². The second-order valence-electron chi connectivity index (χ2n) is 7.79. The number of rotatable bonds is 6. The summed E-state index contributed by atoms with van der Waals surface area (Å²) in [4.78, 5) is 17.8. The Balaban J connectivity index is 1.69.